The van der Waals surface area contributed by atoms with E-state index in [0.717, 1.165) is 31.2 Å². The molecule has 6 rings (SSSR count). The number of aryl methyl sites for hydroxylation is 1. The molecule has 3 fully saturated rings. The fraction of sp³-hybridized carbons (Fsp3) is 0.604. The summed E-state index contributed by atoms with van der Waals surface area (Å²) >= 11 is 0. The number of likely N-dealkylation sites (N-methyl/N-ethyl adjacent to an activating group) is 1. The van der Waals surface area contributed by atoms with E-state index in [1.165, 1.54) is 12.7 Å². The highest BCUT2D eigenvalue weighted by molar-refractivity contribution is 6.05. The molecule has 2 aliphatic heterocycles. The summed E-state index contributed by atoms with van der Waals surface area (Å²) in [5.74, 6) is -2.28. The SMILES string of the molecule is C=C[C@@H](C[C@H](O)[C@H](CC1CCCCC1)N(C)C(=O)[C@@H](Cc1cnc[nH]1)C(=O)[C@H](Cc1ccccc1)NC(=O)[C@@H]1CCCN1C(=O)[C@H]1CCCN1C(=O)CCn1ccnc1)C(C)C. The summed E-state index contributed by atoms with van der Waals surface area (Å²) in [4.78, 5) is 88.4. The van der Waals surface area contributed by atoms with Crippen molar-refractivity contribution in [3.05, 3.63) is 85.5 Å². The van der Waals surface area contributed by atoms with E-state index in [-0.39, 0.29) is 42.9 Å². The van der Waals surface area contributed by atoms with E-state index in [4.69, 9.17) is 0 Å². The topological polar surface area (TPSA) is 174 Å². The summed E-state index contributed by atoms with van der Waals surface area (Å²) in [6, 6.07) is 6.25. The van der Waals surface area contributed by atoms with Gasteiger partial charge in [-0.2, -0.15) is 0 Å². The van der Waals surface area contributed by atoms with Crippen molar-refractivity contribution in [2.45, 2.75) is 141 Å². The van der Waals surface area contributed by atoms with Crippen molar-refractivity contribution >= 4 is 29.4 Å². The predicted octanol–water partition coefficient (Wildman–Crippen LogP) is 5.14. The zero-order valence-corrected chi connectivity index (χ0v) is 36.9. The first-order chi connectivity index (χ1) is 29.9. The monoisotopic (exact) mass is 853 g/mol. The smallest absolute Gasteiger partial charge is 0.246 e. The second kappa shape index (κ2) is 22.3. The summed E-state index contributed by atoms with van der Waals surface area (Å²) < 4.78 is 1.83. The molecule has 7 atom stereocenters. The van der Waals surface area contributed by atoms with Crippen LogP contribution in [0.1, 0.15) is 102 Å². The van der Waals surface area contributed by atoms with Crippen LogP contribution in [-0.4, -0.2) is 119 Å². The van der Waals surface area contributed by atoms with Crippen molar-refractivity contribution in [1.82, 2.24) is 39.5 Å². The summed E-state index contributed by atoms with van der Waals surface area (Å²) in [6.07, 6.45) is 18.4. The van der Waals surface area contributed by atoms with Crippen LogP contribution in [0.4, 0.5) is 0 Å². The Bertz CT molecular complexity index is 1910. The van der Waals surface area contributed by atoms with Crippen LogP contribution in [0.2, 0.25) is 0 Å². The number of amides is 4. The summed E-state index contributed by atoms with van der Waals surface area (Å²) in [5.41, 5.74) is 1.40. The predicted molar refractivity (Wildman–Crippen MR) is 236 cm³/mol. The minimum atomic E-state index is -1.21. The lowest BCUT2D eigenvalue weighted by atomic mass is 9.80. The van der Waals surface area contributed by atoms with Gasteiger partial charge in [-0.1, -0.05) is 82.4 Å². The van der Waals surface area contributed by atoms with Crippen LogP contribution in [0.15, 0.2) is 74.2 Å². The molecule has 336 valence electrons. The van der Waals surface area contributed by atoms with Crippen LogP contribution in [0, 0.1) is 23.7 Å². The fourth-order valence-electron chi connectivity index (χ4n) is 9.94. The zero-order chi connectivity index (χ0) is 44.2. The second-order valence-corrected chi connectivity index (χ2v) is 18.2. The van der Waals surface area contributed by atoms with Crippen molar-refractivity contribution in [3.8, 4) is 0 Å². The van der Waals surface area contributed by atoms with Crippen LogP contribution in [0.5, 0.6) is 0 Å². The molecule has 4 amide bonds. The van der Waals surface area contributed by atoms with Gasteiger partial charge in [-0.3, -0.25) is 24.0 Å². The van der Waals surface area contributed by atoms with E-state index in [1.807, 2.05) is 41.0 Å². The van der Waals surface area contributed by atoms with Crippen LogP contribution >= 0.6 is 0 Å². The number of nitrogens with zero attached hydrogens (tertiary/aromatic N) is 6. The van der Waals surface area contributed by atoms with Crippen molar-refractivity contribution in [2.24, 2.45) is 23.7 Å². The first-order valence-electron chi connectivity index (χ1n) is 22.9. The first kappa shape index (κ1) is 46.4. The molecule has 3 aliphatic rings. The molecule has 14 heteroatoms. The second-order valence-electron chi connectivity index (χ2n) is 18.2. The number of hydrogen-bond acceptors (Lipinski definition) is 8. The highest BCUT2D eigenvalue weighted by Crippen LogP contribution is 2.33. The van der Waals surface area contributed by atoms with Gasteiger partial charge in [0.1, 0.15) is 18.0 Å². The lowest BCUT2D eigenvalue weighted by Crippen LogP contribution is -2.57. The van der Waals surface area contributed by atoms with E-state index < -0.39 is 53.8 Å². The molecule has 0 spiro atoms. The van der Waals surface area contributed by atoms with Crippen LogP contribution < -0.4 is 5.32 Å². The minimum absolute atomic E-state index is 0.0249. The highest BCUT2D eigenvalue weighted by Gasteiger charge is 2.44. The maximum Gasteiger partial charge on any atom is 0.246 e. The molecule has 1 aromatic carbocycles. The molecule has 3 N–H and O–H groups in total. The summed E-state index contributed by atoms with van der Waals surface area (Å²) in [7, 11) is 1.70. The Labute approximate surface area is 366 Å². The maximum atomic E-state index is 15.2. The largest absolute Gasteiger partial charge is 0.391 e. The van der Waals surface area contributed by atoms with Gasteiger partial charge in [0.15, 0.2) is 5.78 Å². The standard InChI is InChI=1S/C48H68N8O6/c1-5-36(33(2)3)28-43(57)42(27-35-16-10-7-11-17-35)53(4)47(61)38(29-37-30-50-31-51-37)45(59)39(26-34-14-8-6-9-15-34)52-46(60)40-18-12-23-56(40)48(62)41-19-13-22-55(41)44(58)20-24-54-25-21-49-32-54/h5-6,8-9,14-15,21,25,30-33,35-36,38-43,57H,1,7,10-13,16-20,22-24,26-29H2,2-4H3,(H,50,51)(H,52,60)/t36-,38-,39-,40-,41+,42-,43-/m0/s1. The molecule has 0 radical (unpaired) electrons. The van der Waals surface area contributed by atoms with Gasteiger partial charge in [0.2, 0.25) is 23.6 Å². The normalized spacial score (nSPS) is 20.7. The number of aliphatic hydroxyl groups is 1. The average molecular weight is 853 g/mol. The summed E-state index contributed by atoms with van der Waals surface area (Å²) in [5, 5.41) is 15.0. The fourth-order valence-corrected chi connectivity index (χ4v) is 9.94. The van der Waals surface area contributed by atoms with Gasteiger partial charge < -0.3 is 34.7 Å². The number of imidazole rings is 2. The minimum Gasteiger partial charge on any atom is -0.391 e. The molecule has 62 heavy (non-hydrogen) atoms. The maximum absolute atomic E-state index is 15.2. The lowest BCUT2D eigenvalue weighted by Gasteiger charge is -2.38. The Morgan fingerprint density at radius 2 is 1.68 bits per heavy atom. The van der Waals surface area contributed by atoms with Gasteiger partial charge in [-0.15, -0.1) is 6.58 Å². The van der Waals surface area contributed by atoms with E-state index >= 15 is 9.59 Å². The number of ketones is 1. The molecule has 2 aromatic heterocycles. The lowest BCUT2D eigenvalue weighted by molar-refractivity contribution is -0.148. The number of aromatic amines is 1. The van der Waals surface area contributed by atoms with Gasteiger partial charge in [0.25, 0.3) is 0 Å². The molecule has 1 aliphatic carbocycles. The number of allylic oxidation sites excluding steroid dienone is 1. The molecule has 0 bridgehead atoms. The molecule has 3 aromatic rings. The third-order valence-electron chi connectivity index (χ3n) is 13.7. The molecular formula is C48H68N8O6. The van der Waals surface area contributed by atoms with Crippen molar-refractivity contribution in [3.63, 3.8) is 0 Å². The Balaban J connectivity index is 1.24. The third-order valence-corrected chi connectivity index (χ3v) is 13.7. The number of aromatic nitrogens is 4. The Morgan fingerprint density at radius 1 is 0.952 bits per heavy atom. The number of rotatable bonds is 21. The van der Waals surface area contributed by atoms with Crippen LogP contribution in [0.3, 0.4) is 0 Å². The Morgan fingerprint density at radius 3 is 2.34 bits per heavy atom. The van der Waals surface area contributed by atoms with E-state index in [0.29, 0.717) is 69.8 Å². The van der Waals surface area contributed by atoms with Gasteiger partial charge in [0, 0.05) is 63.8 Å². The number of H-pyrrole nitrogens is 1. The van der Waals surface area contributed by atoms with Crippen molar-refractivity contribution in [1.29, 1.82) is 0 Å². The number of benzene rings is 1. The number of aliphatic hydroxyl groups excluding tert-OH is 1. The van der Waals surface area contributed by atoms with Gasteiger partial charge in [-0.05, 0) is 68.3 Å². The van der Waals surface area contributed by atoms with E-state index in [9.17, 15) is 19.5 Å². The quantitative estimate of drug-likeness (QED) is 0.0977. The van der Waals surface area contributed by atoms with Crippen molar-refractivity contribution in [2.75, 3.05) is 20.1 Å². The average Bonchev–Trinajstić information content (AvgIpc) is 4.14. The zero-order valence-electron chi connectivity index (χ0n) is 36.9. The first-order valence-corrected chi connectivity index (χ1v) is 22.9. The molecule has 0 unspecified atom stereocenters. The Kier molecular flexibility index (Phi) is 16.7. The number of hydrogen-bond donors (Lipinski definition) is 3. The molecule has 14 nitrogen and oxygen atoms in total. The van der Waals surface area contributed by atoms with Crippen LogP contribution in [-0.2, 0) is 43.4 Å². The van der Waals surface area contributed by atoms with Gasteiger partial charge >= 0.3 is 0 Å². The van der Waals surface area contributed by atoms with E-state index in [2.05, 4.69) is 40.7 Å². The molecular weight excluding hydrogens is 785 g/mol. The molecule has 1 saturated carbocycles. The van der Waals surface area contributed by atoms with Gasteiger partial charge in [-0.25, -0.2) is 9.97 Å². The number of nitrogens with one attached hydrogen (secondary N) is 2. The Hall–Kier alpha value is -5.11. The molecule has 4 heterocycles. The summed E-state index contributed by atoms with van der Waals surface area (Å²) in [6.45, 7) is 9.52. The molecule has 2 saturated heterocycles. The number of carbonyl (C=O) groups is 5. The van der Waals surface area contributed by atoms with E-state index in [1.54, 1.807) is 46.7 Å². The number of likely N-dealkylation sites (tertiary alicyclic amines) is 2. The number of Topliss-reactive ketones (excluding diaryl/α,β-unsaturated/α-hetero) is 1. The highest BCUT2D eigenvalue weighted by atomic mass is 16.3. The third kappa shape index (κ3) is 11.9. The number of carbonyl (C=O) groups excluding carboxylic acids is 5. The van der Waals surface area contributed by atoms with Crippen LogP contribution in [0.25, 0.3) is 0 Å². The van der Waals surface area contributed by atoms with Crippen molar-refractivity contribution < 1.29 is 29.1 Å². The van der Waals surface area contributed by atoms with Gasteiger partial charge in [0.05, 0.1) is 30.8 Å².